The molecule has 7 heteroatoms. The maximum Gasteiger partial charge on any atom is 0.263 e. The number of carbonyl (C=O) groups is 1. The van der Waals surface area contributed by atoms with Crippen molar-refractivity contribution in [1.29, 1.82) is 0 Å². The fraction of sp³-hybridized carbons (Fsp3) is 0.500. The number of hydrogen-bond donors (Lipinski definition) is 1. The van der Waals surface area contributed by atoms with Crippen molar-refractivity contribution in [1.82, 2.24) is 15.5 Å². The van der Waals surface area contributed by atoms with Crippen LogP contribution < -0.4 is 5.32 Å². The number of aromatic nitrogens is 2. The quantitative estimate of drug-likeness (QED) is 0.929. The van der Waals surface area contributed by atoms with Crippen LogP contribution in [0.1, 0.15) is 59.4 Å². The number of thiophene rings is 1. The summed E-state index contributed by atoms with van der Waals surface area (Å²) in [5.41, 5.74) is 0. The van der Waals surface area contributed by atoms with Gasteiger partial charge in [-0.05, 0) is 24.3 Å². The van der Waals surface area contributed by atoms with Crippen molar-refractivity contribution in [3.05, 3.63) is 33.1 Å². The summed E-state index contributed by atoms with van der Waals surface area (Å²) in [4.78, 5) is 16.8. The maximum absolute atomic E-state index is 11.9. The Kier molecular flexibility index (Phi) is 4.55. The monoisotopic (exact) mass is 325 g/mol. The molecule has 112 valence electrons. The Labute approximate surface area is 131 Å². The minimum atomic E-state index is -0.215. The average molecular weight is 326 g/mol. The summed E-state index contributed by atoms with van der Waals surface area (Å²) < 4.78 is 5.21. The van der Waals surface area contributed by atoms with Crippen molar-refractivity contribution in [3.8, 4) is 0 Å². The number of carbonyl (C=O) groups excluding carboxylic acids is 1. The van der Waals surface area contributed by atoms with Crippen LogP contribution in [0.5, 0.6) is 0 Å². The van der Waals surface area contributed by atoms with E-state index in [0.29, 0.717) is 21.7 Å². The summed E-state index contributed by atoms with van der Waals surface area (Å²) in [5, 5.41) is 9.03. The molecule has 2 heterocycles. The first-order valence-corrected chi connectivity index (χ1v) is 8.33. The van der Waals surface area contributed by atoms with E-state index in [2.05, 4.69) is 15.5 Å². The number of hydrogen-bond acceptors (Lipinski definition) is 5. The Morgan fingerprint density at radius 2 is 2.24 bits per heavy atom. The Morgan fingerprint density at radius 1 is 1.43 bits per heavy atom. The molecule has 0 spiro atoms. The predicted octanol–water partition coefficient (Wildman–Crippen LogP) is 3.76. The standard InChI is InChI=1S/C14H16ClN3O2S/c15-10-6-7-21-12(10)14(19)16-8-11-17-13(18-20-11)9-4-2-1-3-5-9/h6-7,9H,1-5,8H2,(H,16,19). The Morgan fingerprint density at radius 3 is 2.95 bits per heavy atom. The van der Waals surface area contributed by atoms with E-state index in [-0.39, 0.29) is 12.5 Å². The lowest BCUT2D eigenvalue weighted by Gasteiger charge is -2.17. The summed E-state index contributed by atoms with van der Waals surface area (Å²) >= 11 is 7.23. The molecule has 1 saturated carbocycles. The third kappa shape index (κ3) is 3.44. The van der Waals surface area contributed by atoms with E-state index in [1.165, 1.54) is 30.6 Å². The van der Waals surface area contributed by atoms with Crippen LogP contribution >= 0.6 is 22.9 Å². The SMILES string of the molecule is O=C(NCc1nc(C2CCCCC2)no1)c1sccc1Cl. The summed E-state index contributed by atoms with van der Waals surface area (Å²) in [6.07, 6.45) is 5.98. The van der Waals surface area contributed by atoms with E-state index in [4.69, 9.17) is 16.1 Å². The molecule has 1 N–H and O–H groups in total. The number of halogens is 1. The van der Waals surface area contributed by atoms with Gasteiger partial charge in [-0.3, -0.25) is 4.79 Å². The fourth-order valence-electron chi connectivity index (χ4n) is 2.56. The van der Waals surface area contributed by atoms with Gasteiger partial charge in [0.1, 0.15) is 4.88 Å². The van der Waals surface area contributed by atoms with Gasteiger partial charge in [0.05, 0.1) is 11.6 Å². The highest BCUT2D eigenvalue weighted by atomic mass is 35.5. The molecule has 1 aliphatic rings. The molecule has 2 aromatic rings. The zero-order valence-corrected chi connectivity index (χ0v) is 13.0. The first-order chi connectivity index (χ1) is 10.2. The third-order valence-corrected chi connectivity index (χ3v) is 5.02. The lowest BCUT2D eigenvalue weighted by atomic mass is 9.89. The molecule has 3 rings (SSSR count). The van der Waals surface area contributed by atoms with Crippen molar-refractivity contribution in [3.63, 3.8) is 0 Å². The van der Waals surface area contributed by atoms with Gasteiger partial charge in [0.15, 0.2) is 5.82 Å². The lowest BCUT2D eigenvalue weighted by Crippen LogP contribution is -2.22. The first kappa shape index (κ1) is 14.5. The molecular formula is C14H16ClN3O2S. The zero-order chi connectivity index (χ0) is 14.7. The van der Waals surface area contributed by atoms with Gasteiger partial charge in [0, 0.05) is 5.92 Å². The van der Waals surface area contributed by atoms with Crippen molar-refractivity contribution in [2.24, 2.45) is 0 Å². The summed E-state index contributed by atoms with van der Waals surface area (Å²) in [6, 6.07) is 1.70. The van der Waals surface area contributed by atoms with Crippen LogP contribution in [0.3, 0.4) is 0 Å². The molecule has 1 amide bonds. The van der Waals surface area contributed by atoms with Crippen molar-refractivity contribution < 1.29 is 9.32 Å². The Hall–Kier alpha value is -1.40. The highest BCUT2D eigenvalue weighted by Crippen LogP contribution is 2.30. The van der Waals surface area contributed by atoms with Gasteiger partial charge in [-0.2, -0.15) is 4.98 Å². The van der Waals surface area contributed by atoms with Gasteiger partial charge in [-0.25, -0.2) is 0 Å². The lowest BCUT2D eigenvalue weighted by molar-refractivity contribution is 0.0950. The fourth-order valence-corrected chi connectivity index (χ4v) is 3.62. The second-order valence-electron chi connectivity index (χ2n) is 5.16. The number of rotatable bonds is 4. The summed E-state index contributed by atoms with van der Waals surface area (Å²) in [5.74, 6) is 1.40. The van der Waals surface area contributed by atoms with Gasteiger partial charge in [-0.15, -0.1) is 11.3 Å². The first-order valence-electron chi connectivity index (χ1n) is 7.07. The highest BCUT2D eigenvalue weighted by molar-refractivity contribution is 7.12. The molecule has 5 nitrogen and oxygen atoms in total. The van der Waals surface area contributed by atoms with Crippen LogP contribution in [0.2, 0.25) is 5.02 Å². The topological polar surface area (TPSA) is 68.0 Å². The van der Waals surface area contributed by atoms with Crippen LogP contribution in [0.4, 0.5) is 0 Å². The van der Waals surface area contributed by atoms with Gasteiger partial charge in [0.25, 0.3) is 5.91 Å². The zero-order valence-electron chi connectivity index (χ0n) is 11.5. The maximum atomic E-state index is 11.9. The molecule has 1 aliphatic carbocycles. The second kappa shape index (κ2) is 6.58. The van der Waals surface area contributed by atoms with Crippen LogP contribution in [0, 0.1) is 0 Å². The molecule has 21 heavy (non-hydrogen) atoms. The Bertz CT molecular complexity index is 619. The van der Waals surface area contributed by atoms with Crippen LogP contribution in [0.15, 0.2) is 16.0 Å². The minimum absolute atomic E-state index is 0.215. The number of nitrogens with one attached hydrogen (secondary N) is 1. The van der Waals surface area contributed by atoms with Crippen molar-refractivity contribution in [2.45, 2.75) is 44.6 Å². The van der Waals surface area contributed by atoms with Crippen molar-refractivity contribution >= 4 is 28.8 Å². The summed E-state index contributed by atoms with van der Waals surface area (Å²) in [6.45, 7) is 0.229. The highest BCUT2D eigenvalue weighted by Gasteiger charge is 2.21. The van der Waals surface area contributed by atoms with E-state index in [0.717, 1.165) is 18.7 Å². The molecule has 0 unspecified atom stereocenters. The normalized spacial score (nSPS) is 16.0. The van der Waals surface area contributed by atoms with Crippen molar-refractivity contribution in [2.75, 3.05) is 0 Å². The van der Waals surface area contributed by atoms with Gasteiger partial charge >= 0.3 is 0 Å². The van der Waals surface area contributed by atoms with Gasteiger partial charge in [0.2, 0.25) is 5.89 Å². The molecule has 1 fully saturated rings. The molecule has 0 aromatic carbocycles. The Balaban J connectivity index is 1.57. The van der Waals surface area contributed by atoms with E-state index < -0.39 is 0 Å². The molecular weight excluding hydrogens is 310 g/mol. The average Bonchev–Trinajstić information content (AvgIpc) is 3.15. The third-order valence-electron chi connectivity index (χ3n) is 3.68. The van der Waals surface area contributed by atoms with Gasteiger partial charge < -0.3 is 9.84 Å². The van der Waals surface area contributed by atoms with Gasteiger partial charge in [-0.1, -0.05) is 36.0 Å². The van der Waals surface area contributed by atoms with E-state index in [1.54, 1.807) is 11.4 Å². The smallest absolute Gasteiger partial charge is 0.263 e. The molecule has 2 aromatic heterocycles. The second-order valence-corrected chi connectivity index (χ2v) is 6.48. The number of nitrogens with zero attached hydrogens (tertiary/aromatic N) is 2. The summed E-state index contributed by atoms with van der Waals surface area (Å²) in [7, 11) is 0. The van der Waals surface area contributed by atoms with Crippen LogP contribution in [-0.2, 0) is 6.54 Å². The van der Waals surface area contributed by atoms with E-state index >= 15 is 0 Å². The molecule has 0 atom stereocenters. The molecule has 0 saturated heterocycles. The number of amides is 1. The molecule has 0 aliphatic heterocycles. The van der Waals surface area contributed by atoms with E-state index in [9.17, 15) is 4.79 Å². The minimum Gasteiger partial charge on any atom is -0.342 e. The molecule has 0 bridgehead atoms. The van der Waals surface area contributed by atoms with Crippen LogP contribution in [0.25, 0.3) is 0 Å². The predicted molar refractivity (Wildman–Crippen MR) is 80.6 cm³/mol. The van der Waals surface area contributed by atoms with E-state index in [1.807, 2.05) is 0 Å². The molecule has 0 radical (unpaired) electrons. The van der Waals surface area contributed by atoms with Crippen LogP contribution in [-0.4, -0.2) is 16.0 Å². The largest absolute Gasteiger partial charge is 0.342 e.